The van der Waals surface area contributed by atoms with E-state index in [1.165, 1.54) is 69.1 Å². The third-order valence-corrected chi connectivity index (χ3v) is 7.17. The highest BCUT2D eigenvalue weighted by Gasteiger charge is 2.04. The molecule has 0 saturated heterocycles. The van der Waals surface area contributed by atoms with E-state index in [2.05, 4.69) is 13.8 Å². The number of carbonyl (C=O) groups is 1. The number of allylic oxidation sites excluding steroid dienone is 1. The predicted molar refractivity (Wildman–Crippen MR) is 149 cm³/mol. The molecule has 34 heavy (non-hydrogen) atoms. The minimum atomic E-state index is 0.0206. The Bertz CT molecular complexity index is 826. The molecule has 0 saturated carbocycles. The first-order valence-corrected chi connectivity index (χ1v) is 14.4. The zero-order valence-corrected chi connectivity index (χ0v) is 22.2. The molecule has 3 heteroatoms. The number of hydrogen-bond donors (Lipinski definition) is 0. The first kappa shape index (κ1) is 28.2. The van der Waals surface area contributed by atoms with Gasteiger partial charge in [0.2, 0.25) is 0 Å². The third kappa shape index (κ3) is 11.9. The van der Waals surface area contributed by atoms with Gasteiger partial charge in [0.1, 0.15) is 5.75 Å². The number of rotatable bonds is 19. The minimum Gasteiger partial charge on any atom is -0.493 e. The first-order valence-electron chi connectivity index (χ1n) is 13.4. The molecule has 0 radical (unpaired) electrons. The van der Waals surface area contributed by atoms with Gasteiger partial charge in [0.15, 0.2) is 5.78 Å². The molecule has 0 heterocycles. The van der Waals surface area contributed by atoms with Gasteiger partial charge in [-0.1, -0.05) is 96.3 Å². The molecule has 2 rings (SSSR count). The van der Waals surface area contributed by atoms with Crippen molar-refractivity contribution in [2.24, 2.45) is 0 Å². The summed E-state index contributed by atoms with van der Waals surface area (Å²) in [5, 5.41) is 0. The number of carbonyl (C=O) groups excluding carboxylic acids is 1. The third-order valence-electron chi connectivity index (χ3n) is 5.95. The Morgan fingerprint density at radius 3 is 2.03 bits per heavy atom. The first-order chi connectivity index (χ1) is 16.7. The SMILES string of the molecule is CCCCCCCCCCCCCOc1ccccc1C=CC(=O)c1ccc(SCCC)cc1. The number of ether oxygens (including phenoxy) is 1. The van der Waals surface area contributed by atoms with Crippen LogP contribution in [0, 0.1) is 0 Å². The van der Waals surface area contributed by atoms with E-state index in [4.69, 9.17) is 4.74 Å². The lowest BCUT2D eigenvalue weighted by Gasteiger charge is -2.09. The fourth-order valence-corrected chi connectivity index (χ4v) is 4.66. The maximum absolute atomic E-state index is 12.6. The molecule has 2 aromatic rings. The summed E-state index contributed by atoms with van der Waals surface area (Å²) >= 11 is 1.83. The summed E-state index contributed by atoms with van der Waals surface area (Å²) in [6.45, 7) is 5.18. The molecule has 0 atom stereocenters. The summed E-state index contributed by atoms with van der Waals surface area (Å²) in [7, 11) is 0. The van der Waals surface area contributed by atoms with Crippen molar-refractivity contribution in [2.45, 2.75) is 95.8 Å². The normalized spacial score (nSPS) is 11.2. The zero-order chi connectivity index (χ0) is 24.3. The van der Waals surface area contributed by atoms with Gasteiger partial charge in [0.25, 0.3) is 0 Å². The monoisotopic (exact) mass is 480 g/mol. The van der Waals surface area contributed by atoms with Gasteiger partial charge in [-0.25, -0.2) is 0 Å². The molecule has 0 bridgehead atoms. The summed E-state index contributed by atoms with van der Waals surface area (Å²) in [4.78, 5) is 13.8. The number of hydrogen-bond acceptors (Lipinski definition) is 3. The Morgan fingerprint density at radius 2 is 1.38 bits per heavy atom. The van der Waals surface area contributed by atoms with E-state index >= 15 is 0 Å². The lowest BCUT2D eigenvalue weighted by Crippen LogP contribution is -1.99. The van der Waals surface area contributed by atoms with Crippen molar-refractivity contribution >= 4 is 23.6 Å². The van der Waals surface area contributed by atoms with Crippen LogP contribution in [0.4, 0.5) is 0 Å². The number of unbranched alkanes of at least 4 members (excludes halogenated alkanes) is 10. The van der Waals surface area contributed by atoms with Crippen molar-refractivity contribution in [3.63, 3.8) is 0 Å². The van der Waals surface area contributed by atoms with Crippen molar-refractivity contribution in [1.29, 1.82) is 0 Å². The molecule has 0 unspecified atom stereocenters. The van der Waals surface area contributed by atoms with Gasteiger partial charge in [-0.2, -0.15) is 0 Å². The Labute approximate surface area is 212 Å². The van der Waals surface area contributed by atoms with E-state index in [1.807, 2.05) is 66.4 Å². The average Bonchev–Trinajstić information content (AvgIpc) is 2.87. The number of thioether (sulfide) groups is 1. The van der Waals surface area contributed by atoms with Gasteiger partial charge in [-0.05, 0) is 61.1 Å². The van der Waals surface area contributed by atoms with Crippen molar-refractivity contribution < 1.29 is 9.53 Å². The van der Waals surface area contributed by atoms with Crippen molar-refractivity contribution in [2.75, 3.05) is 12.4 Å². The second-order valence-corrected chi connectivity index (χ2v) is 10.2. The van der Waals surface area contributed by atoms with Crippen LogP contribution in [0.3, 0.4) is 0 Å². The van der Waals surface area contributed by atoms with Crippen LogP contribution in [0.1, 0.15) is 107 Å². The maximum Gasteiger partial charge on any atom is 0.185 e. The van der Waals surface area contributed by atoms with Crippen molar-refractivity contribution in [1.82, 2.24) is 0 Å². The zero-order valence-electron chi connectivity index (χ0n) is 21.4. The molecule has 2 nitrogen and oxygen atoms in total. The lowest BCUT2D eigenvalue weighted by atomic mass is 10.1. The molecule has 0 aliphatic heterocycles. The highest BCUT2D eigenvalue weighted by atomic mass is 32.2. The summed E-state index contributed by atoms with van der Waals surface area (Å²) in [5.74, 6) is 1.97. The Hall–Kier alpha value is -2.00. The van der Waals surface area contributed by atoms with Crippen LogP contribution >= 0.6 is 11.8 Å². The smallest absolute Gasteiger partial charge is 0.185 e. The molecule has 0 aromatic heterocycles. The standard InChI is InChI=1S/C31H44O2S/c1-3-5-6-7-8-9-10-11-12-13-16-25-33-31-18-15-14-17-28(31)21-24-30(32)27-19-22-29(23-20-27)34-26-4-2/h14-15,17-24H,3-13,16,25-26H2,1-2H3. The average molecular weight is 481 g/mol. The molecule has 0 aliphatic rings. The fourth-order valence-electron chi connectivity index (χ4n) is 3.90. The maximum atomic E-state index is 12.6. The van der Waals surface area contributed by atoms with E-state index < -0.39 is 0 Å². The van der Waals surface area contributed by atoms with Crippen LogP contribution in [0.25, 0.3) is 6.08 Å². The van der Waals surface area contributed by atoms with E-state index in [0.29, 0.717) is 0 Å². The van der Waals surface area contributed by atoms with Gasteiger partial charge in [-0.15, -0.1) is 11.8 Å². The summed E-state index contributed by atoms with van der Waals surface area (Å²) < 4.78 is 6.05. The largest absolute Gasteiger partial charge is 0.493 e. The van der Waals surface area contributed by atoms with Crippen LogP contribution in [-0.2, 0) is 0 Å². The Morgan fingerprint density at radius 1 is 0.765 bits per heavy atom. The summed E-state index contributed by atoms with van der Waals surface area (Å²) in [6.07, 6.45) is 19.3. The highest BCUT2D eigenvalue weighted by Crippen LogP contribution is 2.22. The van der Waals surface area contributed by atoms with Gasteiger partial charge in [0.05, 0.1) is 6.61 Å². The van der Waals surface area contributed by atoms with Crippen LogP contribution in [0.15, 0.2) is 59.5 Å². The fraction of sp³-hybridized carbons (Fsp3) is 0.516. The van der Waals surface area contributed by atoms with E-state index in [0.717, 1.165) is 42.1 Å². The van der Waals surface area contributed by atoms with Crippen LogP contribution < -0.4 is 4.74 Å². The molecule has 0 spiro atoms. The van der Waals surface area contributed by atoms with E-state index in [1.54, 1.807) is 6.08 Å². The van der Waals surface area contributed by atoms with E-state index in [-0.39, 0.29) is 5.78 Å². The molecule has 0 amide bonds. The summed E-state index contributed by atoms with van der Waals surface area (Å²) in [5.41, 5.74) is 1.67. The van der Waals surface area contributed by atoms with Gasteiger partial charge >= 0.3 is 0 Å². The second-order valence-electron chi connectivity index (χ2n) is 8.99. The molecule has 186 valence electrons. The second kappa shape index (κ2) is 18.3. The topological polar surface area (TPSA) is 26.3 Å². The highest BCUT2D eigenvalue weighted by molar-refractivity contribution is 7.99. The van der Waals surface area contributed by atoms with Gasteiger partial charge < -0.3 is 4.74 Å². The molecule has 0 aliphatic carbocycles. The van der Waals surface area contributed by atoms with Crippen molar-refractivity contribution in [3.05, 3.63) is 65.7 Å². The molecular weight excluding hydrogens is 436 g/mol. The van der Waals surface area contributed by atoms with Crippen LogP contribution in [0.2, 0.25) is 0 Å². The van der Waals surface area contributed by atoms with Crippen molar-refractivity contribution in [3.8, 4) is 5.75 Å². The van der Waals surface area contributed by atoms with Gasteiger partial charge in [0, 0.05) is 16.0 Å². The predicted octanol–water partition coefficient (Wildman–Crippen LogP) is 9.77. The molecular formula is C31H44O2S. The number of para-hydroxylation sites is 1. The van der Waals surface area contributed by atoms with E-state index in [9.17, 15) is 4.79 Å². The Balaban J connectivity index is 1.68. The minimum absolute atomic E-state index is 0.0206. The molecule has 0 fully saturated rings. The van der Waals surface area contributed by atoms with Gasteiger partial charge in [-0.3, -0.25) is 4.79 Å². The Kier molecular flexibility index (Phi) is 15.2. The summed E-state index contributed by atoms with van der Waals surface area (Å²) in [6, 6.07) is 15.9. The van der Waals surface area contributed by atoms with Crippen LogP contribution in [0.5, 0.6) is 5.75 Å². The number of ketones is 1. The molecule has 0 N–H and O–H groups in total. The number of benzene rings is 2. The van der Waals surface area contributed by atoms with Crippen LogP contribution in [-0.4, -0.2) is 18.1 Å². The quantitative estimate of drug-likeness (QED) is 0.0866. The lowest BCUT2D eigenvalue weighted by molar-refractivity contribution is 0.104. The molecule has 2 aromatic carbocycles.